The largest absolute Gasteiger partial charge is 0.506 e. The summed E-state index contributed by atoms with van der Waals surface area (Å²) in [4.78, 5) is 11.9. The summed E-state index contributed by atoms with van der Waals surface area (Å²) in [6.45, 7) is 2.97. The van der Waals surface area contributed by atoms with Crippen LogP contribution in [-0.4, -0.2) is 32.3 Å². The lowest BCUT2D eigenvalue weighted by Crippen LogP contribution is -2.26. The van der Waals surface area contributed by atoms with Crippen LogP contribution in [0, 0.1) is 5.82 Å². The van der Waals surface area contributed by atoms with Gasteiger partial charge < -0.3 is 15.0 Å². The molecule has 0 atom stereocenters. The Bertz CT molecular complexity index is 660. The van der Waals surface area contributed by atoms with Crippen LogP contribution in [0.5, 0.6) is 5.75 Å². The van der Waals surface area contributed by atoms with Crippen molar-refractivity contribution < 1.29 is 14.3 Å². The van der Waals surface area contributed by atoms with E-state index in [-0.39, 0.29) is 17.1 Å². The fraction of sp³-hybridized carbons (Fsp3) is 0.308. The number of amides is 1. The van der Waals surface area contributed by atoms with Crippen molar-refractivity contribution in [2.45, 2.75) is 19.9 Å². The summed E-state index contributed by atoms with van der Waals surface area (Å²) in [5.74, 6) is -0.989. The van der Waals surface area contributed by atoms with Crippen molar-refractivity contribution in [1.29, 1.82) is 0 Å². The van der Waals surface area contributed by atoms with E-state index in [4.69, 9.17) is 11.6 Å². The number of hydrogen-bond donors (Lipinski definition) is 2. The highest BCUT2D eigenvalue weighted by atomic mass is 35.5. The van der Waals surface area contributed by atoms with Gasteiger partial charge in [0.05, 0.1) is 10.6 Å². The van der Waals surface area contributed by atoms with Crippen molar-refractivity contribution in [2.24, 2.45) is 0 Å². The van der Waals surface area contributed by atoms with Crippen LogP contribution in [0.4, 0.5) is 4.39 Å². The number of nitrogens with one attached hydrogen (secondary N) is 1. The van der Waals surface area contributed by atoms with Crippen LogP contribution in [0.3, 0.4) is 0 Å². The third-order valence-electron chi connectivity index (χ3n) is 2.94. The number of halogens is 2. The number of carbonyl (C=O) groups is 1. The lowest BCUT2D eigenvalue weighted by Gasteiger charge is -2.08. The van der Waals surface area contributed by atoms with Crippen LogP contribution in [-0.2, 0) is 13.0 Å². The summed E-state index contributed by atoms with van der Waals surface area (Å²) in [6.07, 6.45) is 2.08. The van der Waals surface area contributed by atoms with Crippen molar-refractivity contribution in [2.75, 3.05) is 6.54 Å². The minimum atomic E-state index is -0.686. The molecule has 1 aromatic heterocycles. The van der Waals surface area contributed by atoms with Crippen LogP contribution < -0.4 is 5.32 Å². The molecule has 6 nitrogen and oxygen atoms in total. The molecule has 2 N–H and O–H groups in total. The number of hydrogen-bond acceptors (Lipinski definition) is 4. The summed E-state index contributed by atoms with van der Waals surface area (Å²) in [5.41, 5.74) is -0.197. The number of phenolic OH excluding ortho intramolecular Hbond substituents is 1. The summed E-state index contributed by atoms with van der Waals surface area (Å²) in [5, 5.41) is 19.8. The fourth-order valence-corrected chi connectivity index (χ4v) is 2.06. The van der Waals surface area contributed by atoms with Gasteiger partial charge in [0.1, 0.15) is 23.7 Å². The zero-order valence-corrected chi connectivity index (χ0v) is 12.1. The van der Waals surface area contributed by atoms with Gasteiger partial charge in [-0.2, -0.15) is 0 Å². The molecular formula is C13H14ClFN4O2. The Labute approximate surface area is 125 Å². The first-order valence-electron chi connectivity index (χ1n) is 6.35. The van der Waals surface area contributed by atoms with Gasteiger partial charge in [-0.15, -0.1) is 10.2 Å². The van der Waals surface area contributed by atoms with E-state index >= 15 is 0 Å². The lowest BCUT2D eigenvalue weighted by atomic mass is 10.2. The molecule has 0 aliphatic heterocycles. The number of rotatable bonds is 5. The highest BCUT2D eigenvalue weighted by Gasteiger charge is 2.15. The number of aromatic nitrogens is 3. The van der Waals surface area contributed by atoms with Gasteiger partial charge in [0, 0.05) is 19.5 Å². The van der Waals surface area contributed by atoms with Gasteiger partial charge >= 0.3 is 0 Å². The van der Waals surface area contributed by atoms with E-state index in [2.05, 4.69) is 15.5 Å². The van der Waals surface area contributed by atoms with Crippen LogP contribution in [0.2, 0.25) is 5.02 Å². The maximum atomic E-state index is 13.2. The van der Waals surface area contributed by atoms with Crippen molar-refractivity contribution >= 4 is 17.5 Å². The standard InChI is InChI=1S/C13H14ClFN4O2/c1-2-19-7-17-18-11(19)3-4-16-13(21)9-5-8(15)6-10(14)12(9)20/h5-7,20H,2-4H2,1H3,(H,16,21). The summed E-state index contributed by atoms with van der Waals surface area (Å²) in [7, 11) is 0. The molecule has 21 heavy (non-hydrogen) atoms. The minimum absolute atomic E-state index is 0.197. The molecular weight excluding hydrogens is 299 g/mol. The molecule has 0 fully saturated rings. The molecule has 1 heterocycles. The van der Waals surface area contributed by atoms with E-state index in [0.29, 0.717) is 6.42 Å². The van der Waals surface area contributed by atoms with E-state index in [1.54, 1.807) is 6.33 Å². The molecule has 2 rings (SSSR count). The maximum Gasteiger partial charge on any atom is 0.255 e. The number of nitrogens with zero attached hydrogens (tertiary/aromatic N) is 3. The normalized spacial score (nSPS) is 10.6. The molecule has 0 unspecified atom stereocenters. The van der Waals surface area contributed by atoms with E-state index in [9.17, 15) is 14.3 Å². The molecule has 0 saturated heterocycles. The van der Waals surface area contributed by atoms with E-state index < -0.39 is 17.5 Å². The number of benzene rings is 1. The number of carbonyl (C=O) groups excluding carboxylic acids is 1. The average Bonchev–Trinajstić information content (AvgIpc) is 2.90. The highest BCUT2D eigenvalue weighted by Crippen LogP contribution is 2.28. The summed E-state index contributed by atoms with van der Waals surface area (Å²) in [6, 6.07) is 1.88. The predicted molar refractivity (Wildman–Crippen MR) is 74.8 cm³/mol. The molecule has 0 aliphatic rings. The second-order valence-electron chi connectivity index (χ2n) is 4.32. The average molecular weight is 313 g/mol. The smallest absolute Gasteiger partial charge is 0.255 e. The molecule has 1 aromatic carbocycles. The first-order chi connectivity index (χ1) is 10.0. The molecule has 0 spiro atoms. The van der Waals surface area contributed by atoms with Crippen molar-refractivity contribution in [3.8, 4) is 5.75 Å². The van der Waals surface area contributed by atoms with Gasteiger partial charge in [-0.1, -0.05) is 11.6 Å². The van der Waals surface area contributed by atoms with Crippen molar-refractivity contribution in [1.82, 2.24) is 20.1 Å². The second kappa shape index (κ2) is 6.53. The quantitative estimate of drug-likeness (QED) is 0.882. The third-order valence-corrected chi connectivity index (χ3v) is 3.23. The van der Waals surface area contributed by atoms with Gasteiger partial charge in [0.15, 0.2) is 0 Å². The van der Waals surface area contributed by atoms with Crippen molar-refractivity contribution in [3.05, 3.63) is 40.7 Å². The molecule has 112 valence electrons. The lowest BCUT2D eigenvalue weighted by molar-refractivity contribution is 0.0950. The Morgan fingerprint density at radius 3 is 3.00 bits per heavy atom. The topological polar surface area (TPSA) is 80.0 Å². The van der Waals surface area contributed by atoms with Gasteiger partial charge in [-0.3, -0.25) is 4.79 Å². The van der Waals surface area contributed by atoms with Crippen LogP contribution >= 0.6 is 11.6 Å². The van der Waals surface area contributed by atoms with Crippen LogP contribution in [0.15, 0.2) is 18.5 Å². The summed E-state index contributed by atoms with van der Waals surface area (Å²) < 4.78 is 15.1. The van der Waals surface area contributed by atoms with Gasteiger partial charge in [-0.05, 0) is 19.1 Å². The van der Waals surface area contributed by atoms with E-state index in [1.807, 2.05) is 11.5 Å². The minimum Gasteiger partial charge on any atom is -0.506 e. The fourth-order valence-electron chi connectivity index (χ4n) is 1.86. The number of phenols is 1. The summed E-state index contributed by atoms with van der Waals surface area (Å²) >= 11 is 5.63. The van der Waals surface area contributed by atoms with Gasteiger partial charge in [0.25, 0.3) is 5.91 Å². The zero-order chi connectivity index (χ0) is 15.4. The zero-order valence-electron chi connectivity index (χ0n) is 11.3. The molecule has 0 radical (unpaired) electrons. The number of aryl methyl sites for hydroxylation is 1. The first kappa shape index (κ1) is 15.2. The Morgan fingerprint density at radius 1 is 1.52 bits per heavy atom. The highest BCUT2D eigenvalue weighted by molar-refractivity contribution is 6.32. The number of aromatic hydroxyl groups is 1. The predicted octanol–water partition coefficient (Wildman–Crippen LogP) is 1.77. The van der Waals surface area contributed by atoms with Crippen molar-refractivity contribution in [3.63, 3.8) is 0 Å². The van der Waals surface area contributed by atoms with E-state index in [1.165, 1.54) is 0 Å². The monoisotopic (exact) mass is 312 g/mol. The van der Waals surface area contributed by atoms with E-state index in [0.717, 1.165) is 24.5 Å². The van der Waals surface area contributed by atoms with Crippen LogP contribution in [0.1, 0.15) is 23.1 Å². The van der Waals surface area contributed by atoms with Gasteiger partial charge in [0.2, 0.25) is 0 Å². The molecule has 8 heteroatoms. The Kier molecular flexibility index (Phi) is 4.74. The maximum absolute atomic E-state index is 13.2. The molecule has 1 amide bonds. The Hall–Kier alpha value is -2.15. The molecule has 2 aromatic rings. The Balaban J connectivity index is 1.99. The Morgan fingerprint density at radius 2 is 2.29 bits per heavy atom. The molecule has 0 aliphatic carbocycles. The SMILES string of the molecule is CCn1cnnc1CCNC(=O)c1cc(F)cc(Cl)c1O. The first-order valence-corrected chi connectivity index (χ1v) is 6.73. The van der Waals surface area contributed by atoms with Gasteiger partial charge in [-0.25, -0.2) is 4.39 Å². The van der Waals surface area contributed by atoms with Crippen LogP contribution in [0.25, 0.3) is 0 Å². The second-order valence-corrected chi connectivity index (χ2v) is 4.73. The molecule has 0 bridgehead atoms. The molecule has 0 saturated carbocycles. The third kappa shape index (κ3) is 3.49.